The standard InChI is InChI=1S/C22H27NO4S/c1-16(24)19-7-8-22(28(3,25)26)21(15-19)23-11-9-17(10-12-23)13-18-5-4-6-20(14-18)27-2/h4-8,14-15,17H,9-13H2,1-3H3. The van der Waals surface area contributed by atoms with Crippen LogP contribution in [-0.4, -0.2) is 40.7 Å². The first kappa shape index (κ1) is 20.4. The summed E-state index contributed by atoms with van der Waals surface area (Å²) in [5.74, 6) is 1.35. The van der Waals surface area contributed by atoms with Crippen molar-refractivity contribution < 1.29 is 17.9 Å². The SMILES string of the molecule is COc1cccc(CC2CCN(c3cc(C(C)=O)ccc3S(C)(=O)=O)CC2)c1. The molecular weight excluding hydrogens is 374 g/mol. The lowest BCUT2D eigenvalue weighted by Gasteiger charge is -2.35. The fraction of sp³-hybridized carbons (Fsp3) is 0.409. The van der Waals surface area contributed by atoms with Gasteiger partial charge in [-0.1, -0.05) is 12.1 Å². The van der Waals surface area contributed by atoms with Crippen molar-refractivity contribution in [3.05, 3.63) is 53.6 Å². The number of hydrogen-bond acceptors (Lipinski definition) is 5. The number of nitrogens with zero attached hydrogens (tertiary/aromatic N) is 1. The quantitative estimate of drug-likeness (QED) is 0.690. The predicted octanol–water partition coefficient (Wildman–Crippen LogP) is 3.76. The number of sulfone groups is 1. The lowest BCUT2D eigenvalue weighted by Crippen LogP contribution is -2.35. The molecule has 0 bridgehead atoms. The van der Waals surface area contributed by atoms with E-state index < -0.39 is 9.84 Å². The lowest BCUT2D eigenvalue weighted by molar-refractivity contribution is 0.101. The van der Waals surface area contributed by atoms with Crippen LogP contribution in [0.2, 0.25) is 0 Å². The summed E-state index contributed by atoms with van der Waals surface area (Å²) in [5.41, 5.74) is 2.45. The summed E-state index contributed by atoms with van der Waals surface area (Å²) >= 11 is 0. The summed E-state index contributed by atoms with van der Waals surface area (Å²) in [7, 11) is -1.69. The number of hydrogen-bond donors (Lipinski definition) is 0. The Hall–Kier alpha value is -2.34. The zero-order chi connectivity index (χ0) is 20.3. The van der Waals surface area contributed by atoms with Gasteiger partial charge in [0.05, 0.1) is 17.7 Å². The first-order valence-electron chi connectivity index (χ1n) is 9.51. The normalized spacial score (nSPS) is 15.5. The van der Waals surface area contributed by atoms with Gasteiger partial charge < -0.3 is 9.64 Å². The van der Waals surface area contributed by atoms with Gasteiger partial charge in [-0.15, -0.1) is 0 Å². The highest BCUT2D eigenvalue weighted by Gasteiger charge is 2.25. The van der Waals surface area contributed by atoms with Gasteiger partial charge in [-0.3, -0.25) is 4.79 Å². The van der Waals surface area contributed by atoms with Crippen LogP contribution in [0.15, 0.2) is 47.4 Å². The Morgan fingerprint density at radius 1 is 1.14 bits per heavy atom. The number of benzene rings is 2. The maximum absolute atomic E-state index is 12.2. The Kier molecular flexibility index (Phi) is 6.08. The summed E-state index contributed by atoms with van der Waals surface area (Å²) in [5, 5.41) is 0. The number of rotatable bonds is 6. The van der Waals surface area contributed by atoms with E-state index in [-0.39, 0.29) is 5.78 Å². The predicted molar refractivity (Wildman–Crippen MR) is 111 cm³/mol. The summed E-state index contributed by atoms with van der Waals surface area (Å²) in [6.07, 6.45) is 4.15. The third-order valence-electron chi connectivity index (χ3n) is 5.38. The van der Waals surface area contributed by atoms with Gasteiger partial charge in [0, 0.05) is 24.9 Å². The van der Waals surface area contributed by atoms with Crippen molar-refractivity contribution in [1.29, 1.82) is 0 Å². The maximum atomic E-state index is 12.2. The van der Waals surface area contributed by atoms with Gasteiger partial charge in [0.1, 0.15) is 5.75 Å². The van der Waals surface area contributed by atoms with Crippen LogP contribution in [-0.2, 0) is 16.3 Å². The van der Waals surface area contributed by atoms with Crippen LogP contribution in [0.3, 0.4) is 0 Å². The summed E-state index contributed by atoms with van der Waals surface area (Å²) in [4.78, 5) is 14.2. The topological polar surface area (TPSA) is 63.7 Å². The van der Waals surface area contributed by atoms with Crippen molar-refractivity contribution in [2.75, 3.05) is 31.4 Å². The average Bonchev–Trinajstić information content (AvgIpc) is 2.67. The van der Waals surface area contributed by atoms with E-state index in [1.54, 1.807) is 25.3 Å². The minimum absolute atomic E-state index is 0.0609. The van der Waals surface area contributed by atoms with Crippen molar-refractivity contribution in [2.45, 2.75) is 31.1 Å². The van der Waals surface area contributed by atoms with Crippen molar-refractivity contribution in [3.63, 3.8) is 0 Å². The number of methoxy groups -OCH3 is 1. The molecular formula is C22H27NO4S. The molecule has 2 aromatic carbocycles. The second kappa shape index (κ2) is 8.35. The summed E-state index contributed by atoms with van der Waals surface area (Å²) < 4.78 is 29.7. The van der Waals surface area contributed by atoms with E-state index in [1.807, 2.05) is 12.1 Å². The van der Waals surface area contributed by atoms with Crippen LogP contribution >= 0.6 is 0 Å². The molecule has 0 aromatic heterocycles. The van der Waals surface area contributed by atoms with Gasteiger partial charge in [0.15, 0.2) is 15.6 Å². The first-order chi connectivity index (χ1) is 13.3. The molecule has 0 unspecified atom stereocenters. The van der Waals surface area contributed by atoms with E-state index in [0.717, 1.165) is 38.1 Å². The molecule has 1 aliphatic heterocycles. The molecule has 1 fully saturated rings. The molecule has 0 radical (unpaired) electrons. The molecule has 1 saturated heterocycles. The zero-order valence-corrected chi connectivity index (χ0v) is 17.5. The first-order valence-corrected chi connectivity index (χ1v) is 11.4. The van der Waals surface area contributed by atoms with Crippen LogP contribution in [0, 0.1) is 5.92 Å². The van der Waals surface area contributed by atoms with E-state index in [2.05, 4.69) is 17.0 Å². The van der Waals surface area contributed by atoms with E-state index in [0.29, 0.717) is 22.1 Å². The third kappa shape index (κ3) is 4.73. The highest BCUT2D eigenvalue weighted by molar-refractivity contribution is 7.90. The molecule has 0 saturated carbocycles. The maximum Gasteiger partial charge on any atom is 0.177 e. The van der Waals surface area contributed by atoms with Gasteiger partial charge in [-0.05, 0) is 68.0 Å². The van der Waals surface area contributed by atoms with Crippen molar-refractivity contribution >= 4 is 21.3 Å². The molecule has 0 amide bonds. The van der Waals surface area contributed by atoms with Gasteiger partial charge in [-0.2, -0.15) is 0 Å². The highest BCUT2D eigenvalue weighted by Crippen LogP contribution is 2.32. The summed E-state index contributed by atoms with van der Waals surface area (Å²) in [6.45, 7) is 3.05. The average molecular weight is 402 g/mol. The van der Waals surface area contributed by atoms with E-state index >= 15 is 0 Å². The second-order valence-electron chi connectivity index (χ2n) is 7.50. The van der Waals surface area contributed by atoms with Crippen LogP contribution in [0.1, 0.15) is 35.7 Å². The number of Topliss-reactive ketones (excluding diaryl/α,β-unsaturated/α-hetero) is 1. The minimum Gasteiger partial charge on any atom is -0.497 e. The van der Waals surface area contributed by atoms with Crippen LogP contribution in [0.5, 0.6) is 5.75 Å². The Morgan fingerprint density at radius 3 is 2.46 bits per heavy atom. The Bertz CT molecular complexity index is 960. The fourth-order valence-corrected chi connectivity index (χ4v) is 4.69. The molecule has 5 nitrogen and oxygen atoms in total. The number of anilines is 1. The Labute approximate surface area is 167 Å². The number of ether oxygens (including phenoxy) is 1. The number of ketones is 1. The van der Waals surface area contributed by atoms with Gasteiger partial charge in [0.25, 0.3) is 0 Å². The second-order valence-corrected chi connectivity index (χ2v) is 9.48. The number of carbonyl (C=O) groups is 1. The zero-order valence-electron chi connectivity index (χ0n) is 16.6. The smallest absolute Gasteiger partial charge is 0.177 e. The molecule has 0 spiro atoms. The molecule has 0 aliphatic carbocycles. The van der Waals surface area contributed by atoms with Crippen molar-refractivity contribution in [2.24, 2.45) is 5.92 Å². The molecule has 0 atom stereocenters. The van der Waals surface area contributed by atoms with Crippen LogP contribution in [0.4, 0.5) is 5.69 Å². The van der Waals surface area contributed by atoms with Gasteiger partial charge in [-0.25, -0.2) is 8.42 Å². The van der Waals surface area contributed by atoms with E-state index in [1.165, 1.54) is 18.7 Å². The van der Waals surface area contributed by atoms with Crippen molar-refractivity contribution in [1.82, 2.24) is 0 Å². The molecule has 28 heavy (non-hydrogen) atoms. The van der Waals surface area contributed by atoms with Gasteiger partial charge in [0.2, 0.25) is 0 Å². The van der Waals surface area contributed by atoms with E-state index in [9.17, 15) is 13.2 Å². The highest BCUT2D eigenvalue weighted by atomic mass is 32.2. The number of carbonyl (C=O) groups excluding carboxylic acids is 1. The Morgan fingerprint density at radius 2 is 1.86 bits per heavy atom. The van der Waals surface area contributed by atoms with E-state index in [4.69, 9.17) is 4.74 Å². The molecule has 6 heteroatoms. The van der Waals surface area contributed by atoms with Gasteiger partial charge >= 0.3 is 0 Å². The van der Waals surface area contributed by atoms with Crippen LogP contribution in [0.25, 0.3) is 0 Å². The van der Waals surface area contributed by atoms with Crippen molar-refractivity contribution in [3.8, 4) is 5.75 Å². The number of piperidine rings is 1. The fourth-order valence-electron chi connectivity index (χ4n) is 3.81. The summed E-state index contributed by atoms with van der Waals surface area (Å²) in [6, 6.07) is 13.0. The molecule has 3 rings (SSSR count). The third-order valence-corrected chi connectivity index (χ3v) is 6.52. The lowest BCUT2D eigenvalue weighted by atomic mass is 9.90. The largest absolute Gasteiger partial charge is 0.497 e. The molecule has 1 heterocycles. The molecule has 0 N–H and O–H groups in total. The monoisotopic (exact) mass is 401 g/mol. The minimum atomic E-state index is -3.36. The molecule has 150 valence electrons. The Balaban J connectivity index is 1.75. The van der Waals surface area contributed by atoms with Crippen LogP contribution < -0.4 is 9.64 Å². The molecule has 2 aromatic rings. The molecule has 1 aliphatic rings.